The fraction of sp³-hybridized carbons (Fsp3) is 0.611. The molecule has 2 fully saturated rings. The first-order valence-electron chi connectivity index (χ1n) is 8.65. The highest BCUT2D eigenvalue weighted by molar-refractivity contribution is 5.86. The van der Waals surface area contributed by atoms with Crippen LogP contribution in [-0.4, -0.2) is 70.5 Å². The fourth-order valence-corrected chi connectivity index (χ4v) is 3.81. The Balaban J connectivity index is 1.65. The Kier molecular flexibility index (Phi) is 5.02. The van der Waals surface area contributed by atoms with Crippen LogP contribution >= 0.6 is 0 Å². The first kappa shape index (κ1) is 19.1. The zero-order chi connectivity index (χ0) is 19.0. The van der Waals surface area contributed by atoms with Gasteiger partial charge in [-0.05, 0) is 18.4 Å². The van der Waals surface area contributed by atoms with Gasteiger partial charge in [0.25, 0.3) is 5.91 Å². The number of aliphatic hydroxyl groups is 2. The summed E-state index contributed by atoms with van der Waals surface area (Å²) < 4.78 is 39.8. The molecule has 26 heavy (non-hydrogen) atoms. The number of rotatable bonds is 4. The third-order valence-electron chi connectivity index (χ3n) is 5.52. The molecule has 3 rings (SSSR count). The minimum Gasteiger partial charge on any atom is -0.395 e. The Hall–Kier alpha value is -1.64. The standard InChI is InChI=1S/C18H23F3N2O3/c19-18(20,21)16(13-24)6-9-23(11-16)15(25)17(26)7-8-22(12-17)10-14-4-2-1-3-5-14/h1-5,24,26H,6-13H2. The number of alkyl halides is 3. The van der Waals surface area contributed by atoms with Crippen molar-refractivity contribution in [2.24, 2.45) is 5.41 Å². The molecule has 2 aliphatic rings. The normalized spacial score (nSPS) is 30.1. The van der Waals surface area contributed by atoms with Crippen LogP contribution in [0.3, 0.4) is 0 Å². The summed E-state index contributed by atoms with van der Waals surface area (Å²) in [5, 5.41) is 20.0. The number of β-amino-alcohol motifs (C(OH)–C–C–N with tert-alkyl or cyclic N) is 1. The van der Waals surface area contributed by atoms with Crippen LogP contribution in [0.15, 0.2) is 30.3 Å². The Labute approximate surface area is 150 Å². The van der Waals surface area contributed by atoms with E-state index in [1.807, 2.05) is 35.2 Å². The van der Waals surface area contributed by atoms with Crippen molar-refractivity contribution in [1.82, 2.24) is 9.80 Å². The van der Waals surface area contributed by atoms with Crippen molar-refractivity contribution in [3.05, 3.63) is 35.9 Å². The SMILES string of the molecule is O=C(N1CCC(CO)(C(F)(F)F)C1)C1(O)CCN(Cc2ccccc2)C1. The summed E-state index contributed by atoms with van der Waals surface area (Å²) in [5.74, 6) is -0.673. The topological polar surface area (TPSA) is 64.0 Å². The van der Waals surface area contributed by atoms with E-state index >= 15 is 0 Å². The molecule has 0 radical (unpaired) electrons. The molecule has 0 aliphatic carbocycles. The molecule has 2 N–H and O–H groups in total. The van der Waals surface area contributed by atoms with Crippen molar-refractivity contribution in [3.63, 3.8) is 0 Å². The van der Waals surface area contributed by atoms with Gasteiger partial charge in [-0.25, -0.2) is 0 Å². The maximum atomic E-state index is 13.3. The molecule has 2 heterocycles. The van der Waals surface area contributed by atoms with Gasteiger partial charge in [0, 0.05) is 32.7 Å². The van der Waals surface area contributed by atoms with Gasteiger partial charge in [0.2, 0.25) is 0 Å². The molecular formula is C18H23F3N2O3. The number of hydrogen-bond acceptors (Lipinski definition) is 4. The Morgan fingerprint density at radius 1 is 1.12 bits per heavy atom. The number of benzene rings is 1. The van der Waals surface area contributed by atoms with Gasteiger partial charge in [-0.3, -0.25) is 9.69 Å². The van der Waals surface area contributed by atoms with Gasteiger partial charge in [-0.1, -0.05) is 30.3 Å². The molecule has 2 unspecified atom stereocenters. The van der Waals surface area contributed by atoms with Gasteiger partial charge in [0.05, 0.1) is 6.61 Å². The van der Waals surface area contributed by atoms with Crippen molar-refractivity contribution in [2.45, 2.75) is 31.2 Å². The number of carbonyl (C=O) groups excluding carboxylic acids is 1. The maximum Gasteiger partial charge on any atom is 0.398 e. The summed E-state index contributed by atoms with van der Waals surface area (Å²) in [6, 6.07) is 9.59. The van der Waals surface area contributed by atoms with Crippen molar-refractivity contribution in [3.8, 4) is 0 Å². The molecule has 1 aromatic rings. The Bertz CT molecular complexity index is 655. The van der Waals surface area contributed by atoms with Crippen LogP contribution in [0.5, 0.6) is 0 Å². The van der Waals surface area contributed by atoms with E-state index in [0.717, 1.165) is 10.5 Å². The molecule has 144 valence electrons. The molecule has 0 saturated carbocycles. The van der Waals surface area contributed by atoms with Gasteiger partial charge in [0.1, 0.15) is 5.41 Å². The minimum atomic E-state index is -4.59. The highest BCUT2D eigenvalue weighted by Gasteiger charge is 2.60. The molecule has 2 aliphatic heterocycles. The number of nitrogens with zero attached hydrogens (tertiary/aromatic N) is 2. The molecule has 0 aromatic heterocycles. The third kappa shape index (κ3) is 3.45. The molecule has 1 amide bonds. The van der Waals surface area contributed by atoms with Crippen molar-refractivity contribution in [1.29, 1.82) is 0 Å². The first-order valence-corrected chi connectivity index (χ1v) is 8.65. The summed E-state index contributed by atoms with van der Waals surface area (Å²) in [5.41, 5.74) is -2.92. The number of amides is 1. The molecule has 2 saturated heterocycles. The van der Waals surface area contributed by atoms with E-state index in [1.165, 1.54) is 0 Å². The molecule has 2 atom stereocenters. The average molecular weight is 372 g/mol. The van der Waals surface area contributed by atoms with Gasteiger partial charge >= 0.3 is 6.18 Å². The van der Waals surface area contributed by atoms with E-state index in [2.05, 4.69) is 0 Å². The third-order valence-corrected chi connectivity index (χ3v) is 5.52. The van der Waals surface area contributed by atoms with E-state index in [0.29, 0.717) is 13.1 Å². The quantitative estimate of drug-likeness (QED) is 0.839. The van der Waals surface area contributed by atoms with Crippen LogP contribution in [0.25, 0.3) is 0 Å². The maximum absolute atomic E-state index is 13.3. The summed E-state index contributed by atoms with van der Waals surface area (Å²) in [6.07, 6.45) is -4.75. The highest BCUT2D eigenvalue weighted by Crippen LogP contribution is 2.45. The number of halogens is 3. The first-order chi connectivity index (χ1) is 12.2. The van der Waals surface area contributed by atoms with E-state index < -0.39 is 36.3 Å². The van der Waals surface area contributed by atoms with Crippen molar-refractivity contribution < 1.29 is 28.2 Å². The predicted molar refractivity (Wildman–Crippen MR) is 88.1 cm³/mol. The fourth-order valence-electron chi connectivity index (χ4n) is 3.81. The minimum absolute atomic E-state index is 0.0926. The zero-order valence-corrected chi connectivity index (χ0v) is 14.4. The second kappa shape index (κ2) is 6.83. The van der Waals surface area contributed by atoms with Crippen molar-refractivity contribution >= 4 is 5.91 Å². The van der Waals surface area contributed by atoms with E-state index in [1.54, 1.807) is 0 Å². The molecule has 0 bridgehead atoms. The highest BCUT2D eigenvalue weighted by atomic mass is 19.4. The molecule has 0 spiro atoms. The molecule has 5 nitrogen and oxygen atoms in total. The number of hydrogen-bond donors (Lipinski definition) is 2. The second-order valence-electron chi connectivity index (χ2n) is 7.39. The van der Waals surface area contributed by atoms with Crippen molar-refractivity contribution in [2.75, 3.05) is 32.8 Å². The van der Waals surface area contributed by atoms with Gasteiger partial charge in [-0.15, -0.1) is 0 Å². The lowest BCUT2D eigenvalue weighted by atomic mass is 9.87. The summed E-state index contributed by atoms with van der Waals surface area (Å²) in [6.45, 7) is -0.615. The Morgan fingerprint density at radius 2 is 1.81 bits per heavy atom. The second-order valence-corrected chi connectivity index (χ2v) is 7.39. The van der Waals surface area contributed by atoms with Gasteiger partial charge < -0.3 is 15.1 Å². The lowest BCUT2D eigenvalue weighted by Gasteiger charge is -2.32. The van der Waals surface area contributed by atoms with Crippen LogP contribution in [0.4, 0.5) is 13.2 Å². The largest absolute Gasteiger partial charge is 0.398 e. The number of aliphatic hydroxyl groups excluding tert-OH is 1. The van der Waals surface area contributed by atoms with Crippen LogP contribution in [0.1, 0.15) is 18.4 Å². The van der Waals surface area contributed by atoms with Crippen LogP contribution < -0.4 is 0 Å². The van der Waals surface area contributed by atoms with Gasteiger partial charge in [-0.2, -0.15) is 13.2 Å². The monoisotopic (exact) mass is 372 g/mol. The number of carbonyl (C=O) groups is 1. The summed E-state index contributed by atoms with van der Waals surface area (Å²) >= 11 is 0. The molecule has 8 heteroatoms. The Morgan fingerprint density at radius 3 is 2.38 bits per heavy atom. The zero-order valence-electron chi connectivity index (χ0n) is 14.4. The number of likely N-dealkylation sites (tertiary alicyclic amines) is 2. The summed E-state index contributed by atoms with van der Waals surface area (Å²) in [7, 11) is 0. The van der Waals surface area contributed by atoms with E-state index in [-0.39, 0.29) is 25.9 Å². The lowest BCUT2D eigenvalue weighted by Crippen LogP contribution is -2.52. The van der Waals surface area contributed by atoms with Crippen LogP contribution in [-0.2, 0) is 11.3 Å². The smallest absolute Gasteiger partial charge is 0.395 e. The van der Waals surface area contributed by atoms with Crippen LogP contribution in [0.2, 0.25) is 0 Å². The van der Waals surface area contributed by atoms with Gasteiger partial charge in [0.15, 0.2) is 5.60 Å². The predicted octanol–water partition coefficient (Wildman–Crippen LogP) is 1.40. The van der Waals surface area contributed by atoms with E-state index in [9.17, 15) is 28.2 Å². The molecular weight excluding hydrogens is 349 g/mol. The lowest BCUT2D eigenvalue weighted by molar-refractivity contribution is -0.230. The van der Waals surface area contributed by atoms with Crippen LogP contribution in [0, 0.1) is 5.41 Å². The van der Waals surface area contributed by atoms with E-state index in [4.69, 9.17) is 0 Å². The molecule has 1 aromatic carbocycles. The summed E-state index contributed by atoms with van der Waals surface area (Å²) in [4.78, 5) is 15.7. The average Bonchev–Trinajstić information content (AvgIpc) is 3.20.